The van der Waals surface area contributed by atoms with E-state index in [0.717, 1.165) is 42.9 Å². The van der Waals surface area contributed by atoms with Gasteiger partial charge in [0.25, 0.3) is 0 Å². The number of hydrogen-bond acceptors (Lipinski definition) is 4. The maximum atomic E-state index is 5.76. The van der Waals surface area contributed by atoms with Crippen molar-refractivity contribution in [2.24, 2.45) is 5.84 Å². The van der Waals surface area contributed by atoms with Crippen LogP contribution >= 0.6 is 0 Å². The lowest BCUT2D eigenvalue weighted by atomic mass is 10.1. The molecule has 0 aliphatic rings. The Hall–Kier alpha value is -1.72. The molecule has 0 spiro atoms. The lowest BCUT2D eigenvalue weighted by molar-refractivity contribution is 0.486. The van der Waals surface area contributed by atoms with Crippen LogP contribution in [0, 0.1) is 0 Å². The molecule has 5 heteroatoms. The fourth-order valence-corrected chi connectivity index (χ4v) is 2.44. The standard InChI is InChI=1S/C16H25N5/c1-4-12-7-8-14(18-11-12)9-15(19-17)16-10-13(5-2)20-21(16)6-3/h7-8,10-11,15,19H,4-6,9,17H2,1-3H3. The van der Waals surface area contributed by atoms with E-state index in [1.165, 1.54) is 5.56 Å². The van der Waals surface area contributed by atoms with Crippen molar-refractivity contribution in [3.05, 3.63) is 47.0 Å². The Bertz CT molecular complexity index is 559. The van der Waals surface area contributed by atoms with Crippen LogP contribution in [0.1, 0.15) is 49.5 Å². The van der Waals surface area contributed by atoms with Gasteiger partial charge in [0, 0.05) is 24.9 Å². The van der Waals surface area contributed by atoms with Crippen molar-refractivity contribution >= 4 is 0 Å². The molecule has 0 aliphatic heterocycles. The summed E-state index contributed by atoms with van der Waals surface area (Å²) in [5.41, 5.74) is 7.42. The van der Waals surface area contributed by atoms with Crippen molar-refractivity contribution in [1.82, 2.24) is 20.2 Å². The van der Waals surface area contributed by atoms with Crippen LogP contribution in [0.15, 0.2) is 24.4 Å². The van der Waals surface area contributed by atoms with Gasteiger partial charge in [0.15, 0.2) is 0 Å². The highest BCUT2D eigenvalue weighted by molar-refractivity contribution is 5.19. The summed E-state index contributed by atoms with van der Waals surface area (Å²) in [6.07, 6.45) is 4.64. The van der Waals surface area contributed by atoms with Gasteiger partial charge < -0.3 is 0 Å². The molecule has 0 saturated heterocycles. The second-order valence-corrected chi connectivity index (χ2v) is 5.16. The highest BCUT2D eigenvalue weighted by atomic mass is 15.3. The fourth-order valence-electron chi connectivity index (χ4n) is 2.44. The summed E-state index contributed by atoms with van der Waals surface area (Å²) in [5, 5.41) is 4.59. The number of nitrogens with two attached hydrogens (primary N) is 1. The quantitative estimate of drug-likeness (QED) is 0.605. The number of nitrogens with zero attached hydrogens (tertiary/aromatic N) is 3. The molecule has 0 amide bonds. The third-order valence-electron chi connectivity index (χ3n) is 3.79. The second kappa shape index (κ2) is 7.33. The van der Waals surface area contributed by atoms with Gasteiger partial charge in [0.2, 0.25) is 0 Å². The van der Waals surface area contributed by atoms with Crippen molar-refractivity contribution in [2.45, 2.75) is 52.6 Å². The van der Waals surface area contributed by atoms with E-state index in [9.17, 15) is 0 Å². The van der Waals surface area contributed by atoms with Crippen molar-refractivity contribution in [3.63, 3.8) is 0 Å². The molecule has 2 heterocycles. The molecule has 2 aromatic heterocycles. The van der Waals surface area contributed by atoms with Crippen molar-refractivity contribution < 1.29 is 0 Å². The number of aryl methyl sites for hydroxylation is 3. The van der Waals surface area contributed by atoms with Crippen LogP contribution in [0.25, 0.3) is 0 Å². The molecule has 0 aromatic carbocycles. The molecule has 114 valence electrons. The van der Waals surface area contributed by atoms with Crippen LogP contribution in [0.5, 0.6) is 0 Å². The van der Waals surface area contributed by atoms with E-state index in [4.69, 9.17) is 5.84 Å². The monoisotopic (exact) mass is 287 g/mol. The zero-order chi connectivity index (χ0) is 15.2. The molecule has 1 atom stereocenters. The average Bonchev–Trinajstić information content (AvgIpc) is 2.96. The van der Waals surface area contributed by atoms with Crippen LogP contribution in [-0.2, 0) is 25.8 Å². The normalized spacial score (nSPS) is 12.6. The Balaban J connectivity index is 2.20. The molecule has 0 bridgehead atoms. The fraction of sp³-hybridized carbons (Fsp3) is 0.500. The largest absolute Gasteiger partial charge is 0.271 e. The summed E-state index contributed by atoms with van der Waals surface area (Å²) >= 11 is 0. The summed E-state index contributed by atoms with van der Waals surface area (Å²) in [6, 6.07) is 6.37. The molecule has 0 fully saturated rings. The van der Waals surface area contributed by atoms with Crippen LogP contribution in [0.4, 0.5) is 0 Å². The summed E-state index contributed by atoms with van der Waals surface area (Å²) < 4.78 is 2.02. The molecule has 5 nitrogen and oxygen atoms in total. The van der Waals surface area contributed by atoms with E-state index in [1.54, 1.807) is 0 Å². The van der Waals surface area contributed by atoms with Gasteiger partial charge in [-0.2, -0.15) is 5.10 Å². The molecule has 3 N–H and O–H groups in total. The minimum atomic E-state index is 0.0257. The van der Waals surface area contributed by atoms with Crippen LogP contribution in [0.3, 0.4) is 0 Å². The topological polar surface area (TPSA) is 68.8 Å². The first-order valence-corrected chi connectivity index (χ1v) is 7.68. The molecular formula is C16H25N5. The van der Waals surface area contributed by atoms with Gasteiger partial charge in [-0.1, -0.05) is 19.9 Å². The number of hydrazine groups is 1. The summed E-state index contributed by atoms with van der Waals surface area (Å²) in [6.45, 7) is 7.18. The van der Waals surface area contributed by atoms with E-state index in [1.807, 2.05) is 10.9 Å². The van der Waals surface area contributed by atoms with E-state index in [-0.39, 0.29) is 6.04 Å². The predicted octanol–water partition coefficient (Wildman–Crippen LogP) is 2.17. The molecule has 1 unspecified atom stereocenters. The van der Waals surface area contributed by atoms with Gasteiger partial charge in [0.1, 0.15) is 0 Å². The van der Waals surface area contributed by atoms with Crippen molar-refractivity contribution in [3.8, 4) is 0 Å². The molecule has 21 heavy (non-hydrogen) atoms. The van der Waals surface area contributed by atoms with Gasteiger partial charge >= 0.3 is 0 Å². The zero-order valence-electron chi connectivity index (χ0n) is 13.1. The third-order valence-corrected chi connectivity index (χ3v) is 3.79. The zero-order valence-corrected chi connectivity index (χ0v) is 13.1. The van der Waals surface area contributed by atoms with E-state index >= 15 is 0 Å². The minimum Gasteiger partial charge on any atom is -0.271 e. The maximum absolute atomic E-state index is 5.76. The van der Waals surface area contributed by atoms with Crippen LogP contribution in [0.2, 0.25) is 0 Å². The third kappa shape index (κ3) is 3.68. The number of rotatable bonds is 7. The van der Waals surface area contributed by atoms with Gasteiger partial charge in [0.05, 0.1) is 17.4 Å². The first kappa shape index (κ1) is 15.7. The van der Waals surface area contributed by atoms with E-state index < -0.39 is 0 Å². The minimum absolute atomic E-state index is 0.0257. The maximum Gasteiger partial charge on any atom is 0.0684 e. The van der Waals surface area contributed by atoms with Crippen molar-refractivity contribution in [1.29, 1.82) is 0 Å². The Kier molecular flexibility index (Phi) is 5.47. The highest BCUT2D eigenvalue weighted by Gasteiger charge is 2.17. The number of pyridine rings is 1. The highest BCUT2D eigenvalue weighted by Crippen LogP contribution is 2.19. The molecule has 2 rings (SSSR count). The number of nitrogens with one attached hydrogen (secondary N) is 1. The average molecular weight is 287 g/mol. The van der Waals surface area contributed by atoms with Gasteiger partial charge in [-0.3, -0.25) is 20.9 Å². The molecule has 0 saturated carbocycles. The van der Waals surface area contributed by atoms with Crippen molar-refractivity contribution in [2.75, 3.05) is 0 Å². The summed E-state index contributed by atoms with van der Waals surface area (Å²) in [4.78, 5) is 4.52. The summed E-state index contributed by atoms with van der Waals surface area (Å²) in [7, 11) is 0. The predicted molar refractivity (Wildman–Crippen MR) is 84.7 cm³/mol. The molecule has 2 aromatic rings. The van der Waals surface area contributed by atoms with Gasteiger partial charge in [-0.15, -0.1) is 0 Å². The lowest BCUT2D eigenvalue weighted by Gasteiger charge is -2.17. The molecular weight excluding hydrogens is 262 g/mol. The Morgan fingerprint density at radius 1 is 1.19 bits per heavy atom. The second-order valence-electron chi connectivity index (χ2n) is 5.16. The smallest absolute Gasteiger partial charge is 0.0684 e. The lowest BCUT2D eigenvalue weighted by Crippen LogP contribution is -2.31. The van der Waals surface area contributed by atoms with Gasteiger partial charge in [-0.05, 0) is 37.5 Å². The Morgan fingerprint density at radius 3 is 2.52 bits per heavy atom. The first-order chi connectivity index (χ1) is 10.2. The van der Waals surface area contributed by atoms with E-state index in [2.05, 4.69) is 54.5 Å². The Morgan fingerprint density at radius 2 is 2.00 bits per heavy atom. The number of hydrogen-bond donors (Lipinski definition) is 2. The first-order valence-electron chi connectivity index (χ1n) is 7.68. The van der Waals surface area contributed by atoms with E-state index in [0.29, 0.717) is 0 Å². The van der Waals surface area contributed by atoms with Gasteiger partial charge in [-0.25, -0.2) is 0 Å². The molecule has 0 radical (unpaired) electrons. The number of aromatic nitrogens is 3. The molecule has 0 aliphatic carbocycles. The SMILES string of the molecule is CCc1ccc(CC(NN)c2cc(CC)nn2CC)nc1. The Labute approximate surface area is 126 Å². The van der Waals surface area contributed by atoms with Crippen LogP contribution < -0.4 is 11.3 Å². The van der Waals surface area contributed by atoms with Crippen LogP contribution in [-0.4, -0.2) is 14.8 Å². The summed E-state index contributed by atoms with van der Waals surface area (Å²) in [5.74, 6) is 5.76.